The Kier molecular flexibility index (Phi) is 5.58. The van der Waals surface area contributed by atoms with E-state index in [1.54, 1.807) is 22.3 Å². The van der Waals surface area contributed by atoms with Gasteiger partial charge in [0.05, 0.1) is 24.5 Å². The van der Waals surface area contributed by atoms with E-state index in [9.17, 15) is 4.39 Å². The maximum atomic E-state index is 14.8. The number of fused-ring (bicyclic) bond motifs is 2. The summed E-state index contributed by atoms with van der Waals surface area (Å²) < 4.78 is 23.4. The summed E-state index contributed by atoms with van der Waals surface area (Å²) in [5.41, 5.74) is 3.27. The van der Waals surface area contributed by atoms with E-state index in [2.05, 4.69) is 35.7 Å². The van der Waals surface area contributed by atoms with E-state index in [0.717, 1.165) is 35.5 Å². The summed E-state index contributed by atoms with van der Waals surface area (Å²) in [6, 6.07) is 5.38. The maximum absolute atomic E-state index is 14.8. The summed E-state index contributed by atoms with van der Waals surface area (Å²) >= 11 is 0. The molecule has 0 spiro atoms. The van der Waals surface area contributed by atoms with Crippen LogP contribution in [0.4, 0.5) is 16.2 Å². The summed E-state index contributed by atoms with van der Waals surface area (Å²) in [4.78, 5) is 11.4. The Balaban J connectivity index is 1.40. The molecule has 0 aliphatic carbocycles. The number of alkyl halides is 1. The van der Waals surface area contributed by atoms with Crippen molar-refractivity contribution in [1.82, 2.24) is 34.1 Å². The van der Waals surface area contributed by atoms with Crippen LogP contribution in [-0.4, -0.2) is 86.7 Å². The van der Waals surface area contributed by atoms with Crippen LogP contribution in [0.2, 0.25) is 0 Å². The molecule has 2 unspecified atom stereocenters. The van der Waals surface area contributed by atoms with Crippen molar-refractivity contribution in [3.8, 4) is 11.3 Å². The van der Waals surface area contributed by atoms with Gasteiger partial charge in [-0.2, -0.15) is 10.1 Å². The van der Waals surface area contributed by atoms with E-state index in [1.807, 2.05) is 37.6 Å². The summed E-state index contributed by atoms with van der Waals surface area (Å²) in [6.45, 7) is 2.52. The first-order valence-electron chi connectivity index (χ1n) is 10.7. The number of hydrogen-bond acceptors (Lipinski definition) is 8. The van der Waals surface area contributed by atoms with Crippen molar-refractivity contribution < 1.29 is 9.13 Å². The number of methoxy groups -OCH3 is 1. The number of nitrogens with zero attached hydrogens (tertiary/aromatic N) is 7. The van der Waals surface area contributed by atoms with Gasteiger partial charge in [-0.15, -0.1) is 5.10 Å². The third kappa shape index (κ3) is 3.84. The molecule has 1 aliphatic rings. The largest absolute Gasteiger partial charge is 0.383 e. The van der Waals surface area contributed by atoms with E-state index < -0.39 is 6.17 Å². The Hall–Kier alpha value is -3.31. The predicted octanol–water partition coefficient (Wildman–Crippen LogP) is 1.95. The average molecular weight is 439 g/mol. The van der Waals surface area contributed by atoms with Crippen molar-refractivity contribution >= 4 is 22.9 Å². The van der Waals surface area contributed by atoms with Crippen molar-refractivity contribution in [2.24, 2.45) is 0 Å². The van der Waals surface area contributed by atoms with Gasteiger partial charge in [0, 0.05) is 57.8 Å². The molecule has 0 saturated carbocycles. The second-order valence-corrected chi connectivity index (χ2v) is 7.85. The number of likely N-dealkylation sites (tertiary alicyclic amines) is 1. The van der Waals surface area contributed by atoms with Crippen molar-refractivity contribution in [3.63, 3.8) is 0 Å². The van der Waals surface area contributed by atoms with Crippen LogP contribution >= 0.6 is 0 Å². The predicted molar refractivity (Wildman–Crippen MR) is 120 cm³/mol. The number of nitrogens with one attached hydrogen (secondary N) is 2. The van der Waals surface area contributed by atoms with Crippen LogP contribution in [0.3, 0.4) is 0 Å². The summed E-state index contributed by atoms with van der Waals surface area (Å²) in [6.07, 6.45) is 5.11. The Morgan fingerprint density at radius 2 is 2.06 bits per heavy atom. The molecule has 0 aromatic carbocycles. The second kappa shape index (κ2) is 8.67. The molecular formula is C21H26FN9O. The highest BCUT2D eigenvalue weighted by Gasteiger charge is 2.30. The average Bonchev–Trinajstić information content (AvgIpc) is 3.45. The number of ether oxygens (including phenoxy) is 1. The highest BCUT2D eigenvalue weighted by Crippen LogP contribution is 2.29. The highest BCUT2D eigenvalue weighted by molar-refractivity contribution is 5.87. The molecule has 0 radical (unpaired) electrons. The molecule has 2 atom stereocenters. The first-order chi connectivity index (χ1) is 15.7. The Morgan fingerprint density at radius 3 is 2.88 bits per heavy atom. The topological polar surface area (TPSA) is 96.9 Å². The molecular weight excluding hydrogens is 413 g/mol. The van der Waals surface area contributed by atoms with Crippen molar-refractivity contribution in [3.05, 3.63) is 36.8 Å². The molecule has 0 bridgehead atoms. The fourth-order valence-electron chi connectivity index (χ4n) is 4.15. The minimum absolute atomic E-state index is 0.336. The van der Waals surface area contributed by atoms with E-state index in [0.29, 0.717) is 31.3 Å². The van der Waals surface area contributed by atoms with Crippen LogP contribution < -0.4 is 10.6 Å². The van der Waals surface area contributed by atoms with Crippen LogP contribution in [0.5, 0.6) is 0 Å². The number of halogens is 1. The van der Waals surface area contributed by atoms with Crippen molar-refractivity contribution in [1.29, 1.82) is 0 Å². The molecule has 5 heterocycles. The third-order valence-corrected chi connectivity index (χ3v) is 5.83. The summed E-state index contributed by atoms with van der Waals surface area (Å²) in [5, 5.41) is 15.1. The van der Waals surface area contributed by atoms with Crippen molar-refractivity contribution in [2.75, 3.05) is 51.0 Å². The van der Waals surface area contributed by atoms with Gasteiger partial charge in [0.1, 0.15) is 11.7 Å². The molecule has 2 N–H and O–H groups in total. The molecule has 0 amide bonds. The Morgan fingerprint density at radius 1 is 1.19 bits per heavy atom. The highest BCUT2D eigenvalue weighted by atomic mass is 19.1. The van der Waals surface area contributed by atoms with Gasteiger partial charge in [-0.25, -0.2) is 18.4 Å². The lowest BCUT2D eigenvalue weighted by Gasteiger charge is -2.34. The van der Waals surface area contributed by atoms with Crippen LogP contribution in [-0.2, 0) is 4.74 Å². The summed E-state index contributed by atoms with van der Waals surface area (Å²) in [7, 11) is 3.47. The van der Waals surface area contributed by atoms with Crippen LogP contribution in [0, 0.1) is 0 Å². The molecule has 1 fully saturated rings. The number of rotatable bonds is 7. The molecule has 5 rings (SSSR count). The number of hydrogen-bond donors (Lipinski definition) is 2. The number of piperidine rings is 1. The van der Waals surface area contributed by atoms with Crippen molar-refractivity contribution in [2.45, 2.75) is 18.6 Å². The van der Waals surface area contributed by atoms with Gasteiger partial charge in [0.15, 0.2) is 11.5 Å². The third-order valence-electron chi connectivity index (χ3n) is 5.83. The maximum Gasteiger partial charge on any atom is 0.243 e. The standard InChI is InChI=1S/C21H26FN9O/c1-23-20-19-14(16-6-10-30-18(25-16)3-7-24-30)4-9-31(19)28-21(27-20)26-17-5-8-29(11-12-32-2)13-15(17)22/h3-4,6-7,9-10,15,17H,5,8,11-13H2,1-2H3,(H2,23,26,27,28). The van der Waals surface area contributed by atoms with Crippen LogP contribution in [0.25, 0.3) is 22.4 Å². The molecule has 11 heteroatoms. The van der Waals surface area contributed by atoms with Gasteiger partial charge < -0.3 is 15.4 Å². The zero-order valence-electron chi connectivity index (χ0n) is 18.1. The first kappa shape index (κ1) is 20.6. The fraction of sp³-hybridized carbons (Fsp3) is 0.429. The van der Waals surface area contributed by atoms with E-state index >= 15 is 0 Å². The molecule has 32 heavy (non-hydrogen) atoms. The molecule has 10 nitrogen and oxygen atoms in total. The SMILES string of the molecule is CNc1nc(NC2CCN(CCOC)CC2F)nn2ccc(-c3ccn4nccc4n3)c12. The lowest BCUT2D eigenvalue weighted by molar-refractivity contribution is 0.0918. The van der Waals surface area contributed by atoms with E-state index in [4.69, 9.17) is 4.74 Å². The van der Waals surface area contributed by atoms with E-state index in [-0.39, 0.29) is 6.04 Å². The zero-order chi connectivity index (χ0) is 22.1. The first-order valence-corrected chi connectivity index (χ1v) is 10.7. The Bertz CT molecular complexity index is 1220. The van der Waals surface area contributed by atoms with Gasteiger partial charge in [-0.1, -0.05) is 0 Å². The number of aromatic nitrogens is 6. The molecule has 4 aromatic heterocycles. The van der Waals surface area contributed by atoms with Crippen LogP contribution in [0.1, 0.15) is 6.42 Å². The van der Waals surface area contributed by atoms with Crippen LogP contribution in [0.15, 0.2) is 36.8 Å². The van der Waals surface area contributed by atoms with Gasteiger partial charge >= 0.3 is 0 Å². The minimum atomic E-state index is -1.01. The second-order valence-electron chi connectivity index (χ2n) is 7.85. The molecule has 4 aromatic rings. The van der Waals surface area contributed by atoms with Gasteiger partial charge in [-0.3, -0.25) is 4.90 Å². The molecule has 168 valence electrons. The minimum Gasteiger partial charge on any atom is -0.383 e. The smallest absolute Gasteiger partial charge is 0.243 e. The van der Waals surface area contributed by atoms with Gasteiger partial charge in [0.2, 0.25) is 5.95 Å². The normalized spacial score (nSPS) is 19.6. The monoisotopic (exact) mass is 439 g/mol. The lowest BCUT2D eigenvalue weighted by atomic mass is 10.0. The fourth-order valence-corrected chi connectivity index (χ4v) is 4.15. The lowest BCUT2D eigenvalue weighted by Crippen LogP contribution is -2.48. The Labute approximate surface area is 184 Å². The van der Waals surface area contributed by atoms with Gasteiger partial charge in [0.25, 0.3) is 0 Å². The quantitative estimate of drug-likeness (QED) is 0.451. The molecule has 1 saturated heterocycles. The van der Waals surface area contributed by atoms with Gasteiger partial charge in [-0.05, 0) is 18.6 Å². The number of anilines is 2. The molecule has 1 aliphatic heterocycles. The van der Waals surface area contributed by atoms with E-state index in [1.165, 1.54) is 0 Å². The summed E-state index contributed by atoms with van der Waals surface area (Å²) in [5.74, 6) is 1.03. The zero-order valence-corrected chi connectivity index (χ0v) is 18.1.